The molecule has 0 fully saturated rings. The summed E-state index contributed by atoms with van der Waals surface area (Å²) in [5.41, 5.74) is 6.04. The van der Waals surface area contributed by atoms with Crippen molar-refractivity contribution in [1.82, 2.24) is 0 Å². The Bertz CT molecular complexity index is 511. The lowest BCUT2D eigenvalue weighted by molar-refractivity contribution is -0.267. The summed E-state index contributed by atoms with van der Waals surface area (Å²) in [6, 6.07) is 2.87. The van der Waals surface area contributed by atoms with Crippen LogP contribution in [0.2, 0.25) is 0 Å². The van der Waals surface area contributed by atoms with E-state index in [4.69, 9.17) is 5.73 Å². The Labute approximate surface area is 105 Å². The third kappa shape index (κ3) is 2.77. The Kier molecular flexibility index (Phi) is 3.74. The fourth-order valence-corrected chi connectivity index (χ4v) is 1.32. The third-order valence-corrected chi connectivity index (χ3v) is 2.65. The van der Waals surface area contributed by atoms with Crippen LogP contribution >= 0.6 is 0 Å². The van der Waals surface area contributed by atoms with Crippen LogP contribution in [0.25, 0.3) is 0 Å². The molecule has 0 bridgehead atoms. The van der Waals surface area contributed by atoms with Crippen LogP contribution in [-0.2, 0) is 4.79 Å². The second-order valence-corrected chi connectivity index (χ2v) is 4.00. The zero-order valence-electron chi connectivity index (χ0n) is 10.0. The maximum atomic E-state index is 12.8. The highest BCUT2D eigenvalue weighted by Gasteiger charge is 2.63. The number of carbonyl (C=O) groups excluding carboxylic acids is 1. The average Bonchev–Trinajstić information content (AvgIpc) is 2.27. The number of rotatable bonds is 2. The number of anilines is 2. The third-order valence-electron chi connectivity index (χ3n) is 2.65. The summed E-state index contributed by atoms with van der Waals surface area (Å²) in [5.74, 6) is -7.93. The molecule has 3 nitrogen and oxygen atoms in total. The van der Waals surface area contributed by atoms with Crippen molar-refractivity contribution in [1.29, 1.82) is 0 Å². The van der Waals surface area contributed by atoms with E-state index in [0.717, 1.165) is 0 Å². The Morgan fingerprint density at radius 3 is 2.16 bits per heavy atom. The first-order chi connectivity index (χ1) is 8.48. The molecule has 0 heterocycles. The first kappa shape index (κ1) is 15.2. The van der Waals surface area contributed by atoms with Crippen molar-refractivity contribution < 1.29 is 26.7 Å². The van der Waals surface area contributed by atoms with Crippen LogP contribution in [0.1, 0.15) is 11.1 Å². The number of benzene rings is 1. The van der Waals surface area contributed by atoms with Gasteiger partial charge in [-0.2, -0.15) is 22.0 Å². The van der Waals surface area contributed by atoms with Crippen LogP contribution in [0.4, 0.5) is 33.3 Å². The summed E-state index contributed by atoms with van der Waals surface area (Å²) >= 11 is 0. The van der Waals surface area contributed by atoms with Gasteiger partial charge in [-0.15, -0.1) is 0 Å². The molecule has 19 heavy (non-hydrogen) atoms. The number of nitrogens with one attached hydrogen (secondary N) is 1. The fraction of sp³-hybridized carbons (Fsp3) is 0.364. The zero-order valence-corrected chi connectivity index (χ0v) is 10.0. The Morgan fingerprint density at radius 1 is 1.16 bits per heavy atom. The lowest BCUT2D eigenvalue weighted by Gasteiger charge is -2.20. The number of hydrogen-bond acceptors (Lipinski definition) is 2. The number of aryl methyl sites for hydroxylation is 1. The molecular formula is C11H11F5N2O. The van der Waals surface area contributed by atoms with Crippen molar-refractivity contribution >= 4 is 17.3 Å². The summed E-state index contributed by atoms with van der Waals surface area (Å²) in [6.07, 6.45) is -5.95. The molecule has 0 aliphatic rings. The van der Waals surface area contributed by atoms with Gasteiger partial charge in [0.05, 0.1) is 11.4 Å². The molecule has 1 amide bonds. The molecule has 106 valence electrons. The summed E-state index contributed by atoms with van der Waals surface area (Å²) in [5, 5.41) is 1.53. The number of amides is 1. The van der Waals surface area contributed by atoms with Crippen molar-refractivity contribution in [2.75, 3.05) is 11.1 Å². The number of nitrogens with two attached hydrogens (primary N) is 1. The van der Waals surface area contributed by atoms with E-state index in [0.29, 0.717) is 11.1 Å². The molecule has 8 heteroatoms. The molecule has 0 atom stereocenters. The Morgan fingerprint density at radius 2 is 1.68 bits per heavy atom. The van der Waals surface area contributed by atoms with E-state index in [1.165, 1.54) is 18.3 Å². The van der Waals surface area contributed by atoms with E-state index < -0.39 is 18.0 Å². The average molecular weight is 282 g/mol. The monoisotopic (exact) mass is 282 g/mol. The van der Waals surface area contributed by atoms with E-state index in [9.17, 15) is 26.7 Å². The minimum atomic E-state index is -5.95. The normalized spacial score (nSPS) is 12.4. The lowest BCUT2D eigenvalue weighted by atomic mass is 10.1. The van der Waals surface area contributed by atoms with E-state index >= 15 is 0 Å². The first-order valence-corrected chi connectivity index (χ1v) is 5.10. The maximum Gasteiger partial charge on any atom is 0.463 e. The predicted octanol–water partition coefficient (Wildman–Crippen LogP) is 3.02. The van der Waals surface area contributed by atoms with Crippen molar-refractivity contribution in [2.45, 2.75) is 25.9 Å². The molecule has 0 saturated heterocycles. The van der Waals surface area contributed by atoms with Crippen molar-refractivity contribution in [3.8, 4) is 0 Å². The summed E-state index contributed by atoms with van der Waals surface area (Å²) < 4.78 is 61.7. The van der Waals surface area contributed by atoms with Gasteiger partial charge >= 0.3 is 18.0 Å². The molecule has 0 aromatic heterocycles. The van der Waals surface area contributed by atoms with Crippen LogP contribution in [0.15, 0.2) is 12.1 Å². The van der Waals surface area contributed by atoms with Crippen molar-refractivity contribution in [2.24, 2.45) is 0 Å². The Balaban J connectivity index is 3.12. The number of halogens is 5. The molecule has 0 aliphatic carbocycles. The zero-order chi connectivity index (χ0) is 15.0. The molecule has 0 aliphatic heterocycles. The highest BCUT2D eigenvalue weighted by atomic mass is 19.4. The smallest absolute Gasteiger partial charge is 0.397 e. The molecule has 0 radical (unpaired) electrons. The Hall–Kier alpha value is -1.86. The van der Waals surface area contributed by atoms with Crippen molar-refractivity contribution in [3.05, 3.63) is 23.3 Å². The number of carbonyl (C=O) groups is 1. The topological polar surface area (TPSA) is 55.1 Å². The van der Waals surface area contributed by atoms with Crippen LogP contribution in [0.3, 0.4) is 0 Å². The molecule has 3 N–H and O–H groups in total. The second-order valence-electron chi connectivity index (χ2n) is 4.00. The van der Waals surface area contributed by atoms with Gasteiger partial charge in [0.15, 0.2) is 0 Å². The first-order valence-electron chi connectivity index (χ1n) is 5.10. The van der Waals surface area contributed by atoms with Crippen LogP contribution < -0.4 is 11.1 Å². The predicted molar refractivity (Wildman–Crippen MR) is 60.0 cm³/mol. The van der Waals surface area contributed by atoms with E-state index in [1.54, 1.807) is 13.0 Å². The molecule has 0 spiro atoms. The van der Waals surface area contributed by atoms with Gasteiger partial charge in [0, 0.05) is 0 Å². The molecule has 1 aromatic carbocycles. The molecule has 1 aromatic rings. The van der Waals surface area contributed by atoms with Gasteiger partial charge in [0.1, 0.15) is 0 Å². The van der Waals surface area contributed by atoms with Gasteiger partial charge in [0.2, 0.25) is 0 Å². The van der Waals surface area contributed by atoms with Gasteiger partial charge in [0.25, 0.3) is 0 Å². The van der Waals surface area contributed by atoms with Gasteiger partial charge in [-0.25, -0.2) is 0 Å². The van der Waals surface area contributed by atoms with E-state index in [2.05, 4.69) is 0 Å². The van der Waals surface area contributed by atoms with Gasteiger partial charge in [-0.3, -0.25) is 4.79 Å². The lowest BCUT2D eigenvalue weighted by Crippen LogP contribution is -2.47. The second kappa shape index (κ2) is 4.67. The van der Waals surface area contributed by atoms with Gasteiger partial charge in [-0.05, 0) is 31.0 Å². The quantitative estimate of drug-likeness (QED) is 0.647. The number of nitrogen functional groups attached to an aromatic ring is 1. The van der Waals surface area contributed by atoms with Crippen LogP contribution in [0.5, 0.6) is 0 Å². The fourth-order valence-electron chi connectivity index (χ4n) is 1.32. The van der Waals surface area contributed by atoms with Gasteiger partial charge in [-0.1, -0.05) is 6.07 Å². The number of hydrogen-bond donors (Lipinski definition) is 2. The summed E-state index contributed by atoms with van der Waals surface area (Å²) in [4.78, 5) is 11.1. The van der Waals surface area contributed by atoms with Crippen LogP contribution in [0, 0.1) is 13.8 Å². The molecule has 1 rings (SSSR count). The molecular weight excluding hydrogens is 271 g/mol. The van der Waals surface area contributed by atoms with Crippen molar-refractivity contribution in [3.63, 3.8) is 0 Å². The van der Waals surface area contributed by atoms with E-state index in [-0.39, 0.29) is 11.4 Å². The largest absolute Gasteiger partial charge is 0.463 e. The van der Waals surface area contributed by atoms with E-state index in [1.807, 2.05) is 0 Å². The minimum Gasteiger partial charge on any atom is -0.397 e. The highest BCUT2D eigenvalue weighted by molar-refractivity contribution is 5.99. The summed E-state index contributed by atoms with van der Waals surface area (Å²) in [6.45, 7) is 3.05. The standard InChI is InChI=1S/C11H11F5N2O/c1-5-3-4-7(17)8(6(5)2)18-9(19)10(12,13)11(14,15)16/h3-4H,17H2,1-2H3,(H,18,19). The molecule has 0 unspecified atom stereocenters. The maximum absolute atomic E-state index is 12.8. The molecule has 0 saturated carbocycles. The number of alkyl halides is 5. The highest BCUT2D eigenvalue weighted by Crippen LogP contribution is 2.37. The summed E-state index contributed by atoms with van der Waals surface area (Å²) in [7, 11) is 0. The van der Waals surface area contributed by atoms with Crippen LogP contribution in [-0.4, -0.2) is 18.0 Å². The van der Waals surface area contributed by atoms with Gasteiger partial charge < -0.3 is 11.1 Å². The SMILES string of the molecule is Cc1ccc(N)c(NC(=O)C(F)(F)C(F)(F)F)c1C. The minimum absolute atomic E-state index is 0.0885.